The third kappa shape index (κ3) is 7.71. The Labute approximate surface area is 73.3 Å². The first-order chi connectivity index (χ1) is 5.16. The maximum Gasteiger partial charge on any atom is 0.0742 e. The largest absolute Gasteiger partial charge is 0.393 e. The van der Waals surface area contributed by atoms with Crippen molar-refractivity contribution >= 4 is 17.2 Å². The third-order valence-electron chi connectivity index (χ3n) is 1.31. The van der Waals surface area contributed by atoms with E-state index in [9.17, 15) is 0 Å². The first kappa shape index (κ1) is 10.8. The van der Waals surface area contributed by atoms with Gasteiger partial charge in [-0.25, -0.2) is 0 Å². The van der Waals surface area contributed by atoms with Crippen LogP contribution in [-0.2, 0) is 4.74 Å². The molecule has 0 amide bonds. The van der Waals surface area contributed by atoms with Crippen LogP contribution in [0, 0.1) is 0 Å². The SMILES string of the molecule is COCCNC(C)CC(N)=S. The van der Waals surface area contributed by atoms with E-state index < -0.39 is 0 Å². The second kappa shape index (κ2) is 6.52. The van der Waals surface area contributed by atoms with Crippen LogP contribution in [0.4, 0.5) is 0 Å². The molecule has 0 bridgehead atoms. The molecule has 0 fully saturated rings. The summed E-state index contributed by atoms with van der Waals surface area (Å²) in [5, 5.41) is 3.22. The van der Waals surface area contributed by atoms with Gasteiger partial charge in [-0.1, -0.05) is 12.2 Å². The molecule has 0 saturated heterocycles. The quantitative estimate of drug-likeness (QED) is 0.451. The van der Waals surface area contributed by atoms with Crippen molar-refractivity contribution in [3.05, 3.63) is 0 Å². The van der Waals surface area contributed by atoms with E-state index in [1.807, 2.05) is 0 Å². The Hall–Kier alpha value is -0.190. The smallest absolute Gasteiger partial charge is 0.0742 e. The lowest BCUT2D eigenvalue weighted by Gasteiger charge is -2.11. The zero-order valence-corrected chi connectivity index (χ0v) is 7.91. The van der Waals surface area contributed by atoms with Crippen LogP contribution in [0.2, 0.25) is 0 Å². The molecule has 0 aromatic rings. The lowest BCUT2D eigenvalue weighted by molar-refractivity contribution is 0.196. The van der Waals surface area contributed by atoms with Crippen molar-refractivity contribution in [2.45, 2.75) is 19.4 Å². The summed E-state index contributed by atoms with van der Waals surface area (Å²) in [6.07, 6.45) is 0.749. The van der Waals surface area contributed by atoms with E-state index in [4.69, 9.17) is 22.7 Å². The van der Waals surface area contributed by atoms with Crippen LogP contribution >= 0.6 is 12.2 Å². The number of rotatable bonds is 6. The molecule has 0 aromatic heterocycles. The van der Waals surface area contributed by atoms with Crippen LogP contribution in [0.15, 0.2) is 0 Å². The molecule has 0 rings (SSSR count). The predicted octanol–water partition coefficient (Wildman–Crippen LogP) is 0.287. The Kier molecular flexibility index (Phi) is 6.40. The molecule has 11 heavy (non-hydrogen) atoms. The molecule has 3 nitrogen and oxygen atoms in total. The summed E-state index contributed by atoms with van der Waals surface area (Å²) < 4.78 is 4.87. The number of methoxy groups -OCH3 is 1. The maximum absolute atomic E-state index is 5.36. The minimum atomic E-state index is 0.350. The average Bonchev–Trinajstić information content (AvgIpc) is 1.86. The second-order valence-electron chi connectivity index (χ2n) is 2.52. The molecule has 1 atom stereocenters. The molecule has 1 unspecified atom stereocenters. The lowest BCUT2D eigenvalue weighted by atomic mass is 10.2. The Bertz CT molecular complexity index is 119. The van der Waals surface area contributed by atoms with Crippen LogP contribution in [0.25, 0.3) is 0 Å². The monoisotopic (exact) mass is 176 g/mol. The highest BCUT2D eigenvalue weighted by atomic mass is 32.1. The van der Waals surface area contributed by atoms with Crippen molar-refractivity contribution in [2.24, 2.45) is 5.73 Å². The minimum Gasteiger partial charge on any atom is -0.393 e. The molecule has 0 saturated carbocycles. The van der Waals surface area contributed by atoms with E-state index in [0.717, 1.165) is 19.6 Å². The van der Waals surface area contributed by atoms with Crippen molar-refractivity contribution in [3.63, 3.8) is 0 Å². The van der Waals surface area contributed by atoms with Crippen molar-refractivity contribution in [2.75, 3.05) is 20.3 Å². The topological polar surface area (TPSA) is 47.3 Å². The van der Waals surface area contributed by atoms with Crippen molar-refractivity contribution in [1.82, 2.24) is 5.32 Å². The molecular formula is C7H16N2OS. The molecule has 0 aromatic carbocycles. The second-order valence-corrected chi connectivity index (χ2v) is 3.04. The van der Waals surface area contributed by atoms with Crippen LogP contribution in [0.3, 0.4) is 0 Å². The van der Waals surface area contributed by atoms with Gasteiger partial charge in [0, 0.05) is 26.1 Å². The Morgan fingerprint density at radius 3 is 2.82 bits per heavy atom. The lowest BCUT2D eigenvalue weighted by Crippen LogP contribution is -2.32. The van der Waals surface area contributed by atoms with Gasteiger partial charge in [0.15, 0.2) is 0 Å². The Balaban J connectivity index is 3.22. The van der Waals surface area contributed by atoms with Crippen molar-refractivity contribution in [3.8, 4) is 0 Å². The average molecular weight is 176 g/mol. The van der Waals surface area contributed by atoms with E-state index in [1.165, 1.54) is 0 Å². The van der Waals surface area contributed by atoms with Gasteiger partial charge < -0.3 is 15.8 Å². The molecular weight excluding hydrogens is 160 g/mol. The van der Waals surface area contributed by atoms with Crippen LogP contribution in [0.1, 0.15) is 13.3 Å². The fraction of sp³-hybridized carbons (Fsp3) is 0.857. The number of thiocarbonyl (C=S) groups is 1. The zero-order valence-electron chi connectivity index (χ0n) is 7.09. The molecule has 3 N–H and O–H groups in total. The van der Waals surface area contributed by atoms with Gasteiger partial charge in [-0.15, -0.1) is 0 Å². The summed E-state index contributed by atoms with van der Waals surface area (Å²) in [5.41, 5.74) is 5.36. The van der Waals surface area contributed by atoms with Gasteiger partial charge in [0.1, 0.15) is 0 Å². The van der Waals surface area contributed by atoms with Gasteiger partial charge >= 0.3 is 0 Å². The number of ether oxygens (including phenoxy) is 1. The van der Waals surface area contributed by atoms with Crippen LogP contribution in [-0.4, -0.2) is 31.3 Å². The number of hydrogen-bond acceptors (Lipinski definition) is 3. The highest BCUT2D eigenvalue weighted by Crippen LogP contribution is 1.89. The number of nitrogens with one attached hydrogen (secondary N) is 1. The van der Waals surface area contributed by atoms with E-state index in [0.29, 0.717) is 11.0 Å². The van der Waals surface area contributed by atoms with Gasteiger partial charge in [0.2, 0.25) is 0 Å². The zero-order chi connectivity index (χ0) is 8.69. The predicted molar refractivity (Wildman–Crippen MR) is 50.7 cm³/mol. The molecule has 0 aliphatic heterocycles. The highest BCUT2D eigenvalue weighted by molar-refractivity contribution is 7.80. The summed E-state index contributed by atoms with van der Waals surface area (Å²) in [6.45, 7) is 3.62. The summed E-state index contributed by atoms with van der Waals surface area (Å²) >= 11 is 4.76. The van der Waals surface area contributed by atoms with E-state index >= 15 is 0 Å². The molecule has 0 aliphatic rings. The summed E-state index contributed by atoms with van der Waals surface area (Å²) in [5.74, 6) is 0. The Morgan fingerprint density at radius 2 is 2.36 bits per heavy atom. The molecule has 66 valence electrons. The van der Waals surface area contributed by atoms with Gasteiger partial charge in [-0.05, 0) is 6.92 Å². The first-order valence-electron chi connectivity index (χ1n) is 3.67. The fourth-order valence-electron chi connectivity index (χ4n) is 0.781. The maximum atomic E-state index is 5.36. The summed E-state index contributed by atoms with van der Waals surface area (Å²) in [7, 11) is 1.68. The van der Waals surface area contributed by atoms with Crippen molar-refractivity contribution in [1.29, 1.82) is 0 Å². The van der Waals surface area contributed by atoms with Gasteiger partial charge in [-0.3, -0.25) is 0 Å². The van der Waals surface area contributed by atoms with E-state index in [-0.39, 0.29) is 0 Å². The van der Waals surface area contributed by atoms with Gasteiger partial charge in [0.25, 0.3) is 0 Å². The van der Waals surface area contributed by atoms with Crippen molar-refractivity contribution < 1.29 is 4.74 Å². The minimum absolute atomic E-state index is 0.350. The molecule has 0 heterocycles. The summed E-state index contributed by atoms with van der Waals surface area (Å²) in [4.78, 5) is 0.558. The van der Waals surface area contributed by atoms with Crippen LogP contribution < -0.4 is 11.1 Å². The third-order valence-corrected chi connectivity index (χ3v) is 1.47. The van der Waals surface area contributed by atoms with E-state index in [2.05, 4.69) is 12.2 Å². The van der Waals surface area contributed by atoms with Crippen LogP contribution in [0.5, 0.6) is 0 Å². The first-order valence-corrected chi connectivity index (χ1v) is 4.08. The summed E-state index contributed by atoms with van der Waals surface area (Å²) in [6, 6.07) is 0.350. The molecule has 4 heteroatoms. The molecule has 0 radical (unpaired) electrons. The van der Waals surface area contributed by atoms with Gasteiger partial charge in [-0.2, -0.15) is 0 Å². The molecule has 0 aliphatic carbocycles. The Morgan fingerprint density at radius 1 is 1.73 bits per heavy atom. The normalized spacial score (nSPS) is 12.9. The van der Waals surface area contributed by atoms with E-state index in [1.54, 1.807) is 7.11 Å². The standard InChI is InChI=1S/C7H16N2OS/c1-6(5-7(8)11)9-3-4-10-2/h6,9H,3-5H2,1-2H3,(H2,8,11). The number of hydrogen-bond donors (Lipinski definition) is 2. The fourth-order valence-corrected chi connectivity index (χ4v) is 1.03. The number of nitrogens with two attached hydrogens (primary N) is 1. The highest BCUT2D eigenvalue weighted by Gasteiger charge is 2.00. The van der Waals surface area contributed by atoms with Gasteiger partial charge in [0.05, 0.1) is 11.6 Å². The molecule has 0 spiro atoms.